The van der Waals surface area contributed by atoms with Crippen LogP contribution in [0.2, 0.25) is 0 Å². The van der Waals surface area contributed by atoms with Crippen LogP contribution in [0.3, 0.4) is 0 Å². The molecule has 0 saturated carbocycles. The minimum atomic E-state index is -0.187. The molecule has 0 atom stereocenters. The third-order valence-electron chi connectivity index (χ3n) is 2.27. The third kappa shape index (κ3) is 3.04. The van der Waals surface area contributed by atoms with Gasteiger partial charge in [0.15, 0.2) is 0 Å². The van der Waals surface area contributed by atoms with Crippen molar-refractivity contribution in [3.8, 4) is 0 Å². The van der Waals surface area contributed by atoms with Gasteiger partial charge in [-0.25, -0.2) is 0 Å². The maximum Gasteiger partial charge on any atom is 0.250 e. The molecule has 16 heavy (non-hydrogen) atoms. The van der Waals surface area contributed by atoms with Crippen molar-refractivity contribution in [1.82, 2.24) is 9.78 Å². The van der Waals surface area contributed by atoms with Crippen LogP contribution in [0.5, 0.6) is 0 Å². The number of aryl methyl sites for hydroxylation is 2. The first-order valence-electron chi connectivity index (χ1n) is 5.14. The fourth-order valence-electron chi connectivity index (χ4n) is 1.38. The molecule has 0 saturated heterocycles. The minimum absolute atomic E-state index is 0.0188. The lowest BCUT2D eigenvalue weighted by Gasteiger charge is -2.05. The summed E-state index contributed by atoms with van der Waals surface area (Å²) in [4.78, 5) is 11.5. The molecule has 3 N–H and O–H groups in total. The molecule has 0 aliphatic rings. The van der Waals surface area contributed by atoms with Gasteiger partial charge in [-0.1, -0.05) is 0 Å². The Kier molecular flexibility index (Phi) is 4.45. The first-order chi connectivity index (χ1) is 7.56. The lowest BCUT2D eigenvalue weighted by atomic mass is 10.3. The molecule has 0 unspecified atom stereocenters. The molecule has 0 aliphatic heterocycles. The molecular formula is C10H18N4O2. The Morgan fingerprint density at radius 2 is 2.25 bits per heavy atom. The molecule has 1 aromatic heterocycles. The number of rotatable bonds is 5. The molecule has 6 heteroatoms. The fraction of sp³-hybridized carbons (Fsp3) is 0.600. The Hall–Kier alpha value is -1.40. The Morgan fingerprint density at radius 1 is 1.56 bits per heavy atom. The second-order valence-corrected chi connectivity index (χ2v) is 3.56. The average molecular weight is 226 g/mol. The van der Waals surface area contributed by atoms with Crippen molar-refractivity contribution in [3.05, 3.63) is 11.4 Å². The molecule has 0 aromatic carbocycles. The van der Waals surface area contributed by atoms with E-state index in [0.717, 1.165) is 17.1 Å². The van der Waals surface area contributed by atoms with Gasteiger partial charge in [-0.05, 0) is 13.8 Å². The molecule has 90 valence electrons. The van der Waals surface area contributed by atoms with Crippen LogP contribution in [0.1, 0.15) is 11.4 Å². The summed E-state index contributed by atoms with van der Waals surface area (Å²) in [5.74, 6) is -0.187. The summed E-state index contributed by atoms with van der Waals surface area (Å²) in [5, 5.41) is 6.97. The van der Waals surface area contributed by atoms with E-state index in [0.29, 0.717) is 13.2 Å². The van der Waals surface area contributed by atoms with E-state index >= 15 is 0 Å². The second-order valence-electron chi connectivity index (χ2n) is 3.56. The van der Waals surface area contributed by atoms with Crippen LogP contribution in [0.25, 0.3) is 0 Å². The highest BCUT2D eigenvalue weighted by Crippen LogP contribution is 2.17. The van der Waals surface area contributed by atoms with Gasteiger partial charge in [0, 0.05) is 13.6 Å². The number of nitrogens with zero attached hydrogens (tertiary/aromatic N) is 2. The summed E-state index contributed by atoms with van der Waals surface area (Å²) in [5.41, 5.74) is 7.72. The minimum Gasteiger partial charge on any atom is -0.370 e. The third-order valence-corrected chi connectivity index (χ3v) is 2.27. The lowest BCUT2D eigenvalue weighted by molar-refractivity contribution is -0.120. The largest absolute Gasteiger partial charge is 0.370 e. The van der Waals surface area contributed by atoms with Crippen molar-refractivity contribution in [3.63, 3.8) is 0 Å². The van der Waals surface area contributed by atoms with Crippen LogP contribution in [-0.2, 0) is 16.6 Å². The number of anilines is 1. The number of hydrogen-bond donors (Lipinski definition) is 2. The summed E-state index contributed by atoms with van der Waals surface area (Å²) in [6.07, 6.45) is 0. The van der Waals surface area contributed by atoms with Crippen LogP contribution in [0, 0.1) is 13.8 Å². The van der Waals surface area contributed by atoms with Crippen molar-refractivity contribution in [2.75, 3.05) is 25.1 Å². The molecule has 1 heterocycles. The van der Waals surface area contributed by atoms with Gasteiger partial charge in [-0.3, -0.25) is 9.48 Å². The standard InChI is InChI=1S/C10H18N4O2/c1-7-10(8(2)14(3)13-7)12-9(15)6-16-5-4-11/h4-6,11H2,1-3H3,(H,12,15). The van der Waals surface area contributed by atoms with E-state index in [1.807, 2.05) is 20.9 Å². The number of nitrogens with two attached hydrogens (primary N) is 1. The fourth-order valence-corrected chi connectivity index (χ4v) is 1.38. The van der Waals surface area contributed by atoms with E-state index in [2.05, 4.69) is 10.4 Å². The zero-order valence-corrected chi connectivity index (χ0v) is 9.91. The average Bonchev–Trinajstić information content (AvgIpc) is 2.46. The number of ether oxygens (including phenoxy) is 1. The molecule has 0 spiro atoms. The highest BCUT2D eigenvalue weighted by molar-refractivity contribution is 5.92. The highest BCUT2D eigenvalue weighted by atomic mass is 16.5. The zero-order valence-electron chi connectivity index (χ0n) is 9.91. The van der Waals surface area contributed by atoms with Gasteiger partial charge in [-0.15, -0.1) is 0 Å². The van der Waals surface area contributed by atoms with Crippen LogP contribution in [0.4, 0.5) is 5.69 Å². The molecule has 1 amide bonds. The Labute approximate surface area is 94.8 Å². The summed E-state index contributed by atoms with van der Waals surface area (Å²) < 4.78 is 6.77. The van der Waals surface area contributed by atoms with E-state index in [9.17, 15) is 4.79 Å². The number of carbonyl (C=O) groups excluding carboxylic acids is 1. The number of aromatic nitrogens is 2. The number of hydrogen-bond acceptors (Lipinski definition) is 4. The van der Waals surface area contributed by atoms with Gasteiger partial charge in [0.25, 0.3) is 0 Å². The van der Waals surface area contributed by atoms with Crippen molar-refractivity contribution >= 4 is 11.6 Å². The van der Waals surface area contributed by atoms with Crippen molar-refractivity contribution < 1.29 is 9.53 Å². The van der Waals surface area contributed by atoms with Gasteiger partial charge in [-0.2, -0.15) is 5.10 Å². The van der Waals surface area contributed by atoms with Gasteiger partial charge >= 0.3 is 0 Å². The van der Waals surface area contributed by atoms with E-state index < -0.39 is 0 Å². The summed E-state index contributed by atoms with van der Waals surface area (Å²) in [6.45, 7) is 4.57. The monoisotopic (exact) mass is 226 g/mol. The molecule has 0 fully saturated rings. The lowest BCUT2D eigenvalue weighted by Crippen LogP contribution is -2.21. The maximum atomic E-state index is 11.5. The normalized spacial score (nSPS) is 10.5. The smallest absolute Gasteiger partial charge is 0.250 e. The SMILES string of the molecule is Cc1nn(C)c(C)c1NC(=O)COCCN. The Bertz CT molecular complexity index is 373. The van der Waals surface area contributed by atoms with E-state index in [1.165, 1.54) is 0 Å². The molecule has 0 aliphatic carbocycles. The van der Waals surface area contributed by atoms with Gasteiger partial charge in [0.2, 0.25) is 5.91 Å². The second kappa shape index (κ2) is 5.62. The van der Waals surface area contributed by atoms with Crippen LogP contribution in [-0.4, -0.2) is 35.4 Å². The summed E-state index contributed by atoms with van der Waals surface area (Å²) >= 11 is 0. The molecule has 6 nitrogen and oxygen atoms in total. The predicted molar refractivity (Wildman–Crippen MR) is 61.2 cm³/mol. The summed E-state index contributed by atoms with van der Waals surface area (Å²) in [6, 6.07) is 0. The summed E-state index contributed by atoms with van der Waals surface area (Å²) in [7, 11) is 1.84. The van der Waals surface area contributed by atoms with Crippen LogP contribution >= 0.6 is 0 Å². The van der Waals surface area contributed by atoms with Crippen molar-refractivity contribution in [2.24, 2.45) is 12.8 Å². The van der Waals surface area contributed by atoms with E-state index in [-0.39, 0.29) is 12.5 Å². The zero-order chi connectivity index (χ0) is 12.1. The van der Waals surface area contributed by atoms with Crippen molar-refractivity contribution in [2.45, 2.75) is 13.8 Å². The number of amides is 1. The molecular weight excluding hydrogens is 208 g/mol. The molecule has 1 rings (SSSR count). The first-order valence-corrected chi connectivity index (χ1v) is 5.14. The van der Waals surface area contributed by atoms with Gasteiger partial charge in [0.1, 0.15) is 6.61 Å². The molecule has 0 radical (unpaired) electrons. The maximum absolute atomic E-state index is 11.5. The quantitative estimate of drug-likeness (QED) is 0.690. The van der Waals surface area contributed by atoms with Crippen LogP contribution < -0.4 is 11.1 Å². The number of carbonyl (C=O) groups is 1. The Morgan fingerprint density at radius 3 is 2.75 bits per heavy atom. The first kappa shape index (κ1) is 12.7. The number of nitrogens with one attached hydrogen (secondary N) is 1. The Balaban J connectivity index is 2.56. The van der Waals surface area contributed by atoms with E-state index in [1.54, 1.807) is 4.68 Å². The van der Waals surface area contributed by atoms with Crippen LogP contribution in [0.15, 0.2) is 0 Å². The van der Waals surface area contributed by atoms with E-state index in [4.69, 9.17) is 10.5 Å². The predicted octanol–water partition coefficient (Wildman–Crippen LogP) is -0.0493. The highest BCUT2D eigenvalue weighted by Gasteiger charge is 2.11. The van der Waals surface area contributed by atoms with Crippen molar-refractivity contribution in [1.29, 1.82) is 0 Å². The van der Waals surface area contributed by atoms with Gasteiger partial charge in [0.05, 0.1) is 23.7 Å². The molecule has 0 bridgehead atoms. The topological polar surface area (TPSA) is 82.2 Å². The van der Waals surface area contributed by atoms with Gasteiger partial charge < -0.3 is 15.8 Å². The molecule has 1 aromatic rings.